The highest BCUT2D eigenvalue weighted by Gasteiger charge is 2.19. The molecule has 1 heterocycles. The van der Waals surface area contributed by atoms with Gasteiger partial charge in [-0.15, -0.1) is 10.2 Å². The van der Waals surface area contributed by atoms with Gasteiger partial charge in [0, 0.05) is 12.6 Å². The molecule has 1 atom stereocenters. The molecule has 1 aromatic rings. The van der Waals surface area contributed by atoms with Crippen molar-refractivity contribution in [3.8, 4) is 0 Å². The van der Waals surface area contributed by atoms with E-state index in [1.54, 1.807) is 6.92 Å². The third-order valence-corrected chi connectivity index (χ3v) is 3.20. The number of hydrogen-bond acceptors (Lipinski definition) is 6. The van der Waals surface area contributed by atoms with Crippen molar-refractivity contribution >= 4 is 28.3 Å². The van der Waals surface area contributed by atoms with Crippen LogP contribution in [0, 0.1) is 0 Å². The lowest BCUT2D eigenvalue weighted by atomic mass is 10.3. The lowest BCUT2D eigenvalue weighted by Crippen LogP contribution is -2.46. The molecule has 0 bridgehead atoms. The minimum Gasteiger partial charge on any atom is -0.360 e. The Morgan fingerprint density at radius 2 is 1.90 bits per heavy atom. The van der Waals surface area contributed by atoms with Crippen molar-refractivity contribution in [2.75, 3.05) is 11.9 Å². The first-order chi connectivity index (χ1) is 9.43. The molecule has 0 fully saturated rings. The summed E-state index contributed by atoms with van der Waals surface area (Å²) in [5.41, 5.74) is 0. The Hall–Kier alpha value is -1.70. The quantitative estimate of drug-likeness (QED) is 0.698. The van der Waals surface area contributed by atoms with Crippen LogP contribution in [0.25, 0.3) is 0 Å². The summed E-state index contributed by atoms with van der Waals surface area (Å²) in [6.07, 6.45) is 0.966. The van der Waals surface area contributed by atoms with E-state index in [1.807, 2.05) is 20.8 Å². The fraction of sp³-hybridized carbons (Fsp3) is 0.667. The number of anilines is 1. The summed E-state index contributed by atoms with van der Waals surface area (Å²) in [7, 11) is 0. The van der Waals surface area contributed by atoms with E-state index in [-0.39, 0.29) is 17.0 Å². The van der Waals surface area contributed by atoms with Gasteiger partial charge in [0.1, 0.15) is 6.04 Å². The Morgan fingerprint density at radius 3 is 2.50 bits per heavy atom. The molecule has 0 aromatic carbocycles. The second-order valence-corrected chi connectivity index (χ2v) is 5.68. The van der Waals surface area contributed by atoms with Gasteiger partial charge in [0.15, 0.2) is 0 Å². The molecule has 20 heavy (non-hydrogen) atoms. The highest BCUT2D eigenvalue weighted by Crippen LogP contribution is 2.14. The van der Waals surface area contributed by atoms with Gasteiger partial charge in [-0.25, -0.2) is 0 Å². The van der Waals surface area contributed by atoms with E-state index in [1.165, 1.54) is 11.3 Å². The molecular weight excluding hydrogens is 278 g/mol. The molecule has 8 heteroatoms. The lowest BCUT2D eigenvalue weighted by Gasteiger charge is -2.15. The average Bonchev–Trinajstić information content (AvgIpc) is 2.84. The Morgan fingerprint density at radius 1 is 1.20 bits per heavy atom. The summed E-state index contributed by atoms with van der Waals surface area (Å²) >= 11 is 1.17. The molecule has 1 aromatic heterocycles. The zero-order chi connectivity index (χ0) is 15.1. The summed E-state index contributed by atoms with van der Waals surface area (Å²) in [5.74, 6) is -0.611. The Balaban J connectivity index is 2.53. The van der Waals surface area contributed by atoms with Crippen molar-refractivity contribution in [2.24, 2.45) is 0 Å². The van der Waals surface area contributed by atoms with Crippen molar-refractivity contribution in [1.29, 1.82) is 0 Å². The predicted molar refractivity (Wildman–Crippen MR) is 78.9 cm³/mol. The molecule has 0 saturated heterocycles. The molecule has 1 unspecified atom stereocenters. The standard InChI is InChI=1S/C12H21N5O2S/c1-5-6-13-12-17-16-11(20-12)10(19)15-8(4)9(18)14-7(2)3/h7-8H,5-6H2,1-4H3,(H,13,17)(H,14,18)(H,15,19). The first kappa shape index (κ1) is 16.4. The maximum atomic E-state index is 11.9. The molecule has 0 saturated carbocycles. The van der Waals surface area contributed by atoms with Gasteiger partial charge in [0.25, 0.3) is 5.91 Å². The Kier molecular flexibility index (Phi) is 6.37. The summed E-state index contributed by atoms with van der Waals surface area (Å²) in [6, 6.07) is -0.575. The summed E-state index contributed by atoms with van der Waals surface area (Å²) in [6.45, 7) is 8.18. The zero-order valence-corrected chi connectivity index (χ0v) is 13.0. The molecule has 3 N–H and O–H groups in total. The molecular formula is C12H21N5O2S. The largest absolute Gasteiger partial charge is 0.360 e. The van der Waals surface area contributed by atoms with Crippen LogP contribution in [0.4, 0.5) is 5.13 Å². The van der Waals surface area contributed by atoms with Gasteiger partial charge in [-0.3, -0.25) is 9.59 Å². The van der Waals surface area contributed by atoms with Gasteiger partial charge >= 0.3 is 0 Å². The van der Waals surface area contributed by atoms with Crippen LogP contribution in [-0.4, -0.2) is 40.6 Å². The number of nitrogens with one attached hydrogen (secondary N) is 3. The molecule has 0 spiro atoms. The molecule has 7 nitrogen and oxygen atoms in total. The van der Waals surface area contributed by atoms with Crippen LogP contribution in [-0.2, 0) is 4.79 Å². The summed E-state index contributed by atoms with van der Waals surface area (Å²) in [4.78, 5) is 23.6. The zero-order valence-electron chi connectivity index (χ0n) is 12.2. The minimum atomic E-state index is -0.610. The third kappa shape index (κ3) is 5.12. The van der Waals surface area contributed by atoms with Crippen LogP contribution < -0.4 is 16.0 Å². The number of carbonyl (C=O) groups is 2. The monoisotopic (exact) mass is 299 g/mol. The molecule has 0 aliphatic heterocycles. The van der Waals surface area contributed by atoms with Crippen molar-refractivity contribution in [3.05, 3.63) is 5.01 Å². The van der Waals surface area contributed by atoms with Crippen LogP contribution in [0.5, 0.6) is 0 Å². The fourth-order valence-electron chi connectivity index (χ4n) is 1.35. The number of rotatable bonds is 7. The van der Waals surface area contributed by atoms with Crippen LogP contribution >= 0.6 is 11.3 Å². The second kappa shape index (κ2) is 7.78. The molecule has 0 aliphatic carbocycles. The third-order valence-electron chi connectivity index (χ3n) is 2.32. The van der Waals surface area contributed by atoms with Crippen LogP contribution in [0.15, 0.2) is 0 Å². The Labute approximate surface area is 122 Å². The van der Waals surface area contributed by atoms with Crippen molar-refractivity contribution in [1.82, 2.24) is 20.8 Å². The van der Waals surface area contributed by atoms with E-state index in [4.69, 9.17) is 0 Å². The summed E-state index contributed by atoms with van der Waals surface area (Å²) < 4.78 is 0. The van der Waals surface area contributed by atoms with E-state index < -0.39 is 11.9 Å². The smallest absolute Gasteiger partial charge is 0.282 e. The highest BCUT2D eigenvalue weighted by molar-refractivity contribution is 7.17. The molecule has 0 aliphatic rings. The SMILES string of the molecule is CCCNc1nnc(C(=O)NC(C)C(=O)NC(C)C)s1. The van der Waals surface area contributed by atoms with Gasteiger partial charge in [-0.05, 0) is 27.2 Å². The predicted octanol–water partition coefficient (Wildman–Crippen LogP) is 1.00. The molecule has 1 rings (SSSR count). The van der Waals surface area contributed by atoms with E-state index >= 15 is 0 Å². The van der Waals surface area contributed by atoms with Crippen molar-refractivity contribution in [2.45, 2.75) is 46.2 Å². The van der Waals surface area contributed by atoms with Gasteiger partial charge in [0.05, 0.1) is 0 Å². The molecule has 112 valence electrons. The highest BCUT2D eigenvalue weighted by atomic mass is 32.1. The maximum Gasteiger partial charge on any atom is 0.282 e. The number of aromatic nitrogens is 2. The number of nitrogens with zero attached hydrogens (tertiary/aromatic N) is 2. The molecule has 0 radical (unpaired) electrons. The summed E-state index contributed by atoms with van der Waals surface area (Å²) in [5, 5.41) is 16.9. The van der Waals surface area contributed by atoms with Gasteiger partial charge < -0.3 is 16.0 Å². The number of carbonyl (C=O) groups excluding carboxylic acids is 2. The van der Waals surface area contributed by atoms with E-state index in [0.717, 1.165) is 13.0 Å². The number of hydrogen-bond donors (Lipinski definition) is 3. The lowest BCUT2D eigenvalue weighted by molar-refractivity contribution is -0.123. The van der Waals surface area contributed by atoms with E-state index in [2.05, 4.69) is 26.1 Å². The number of amides is 2. The Bertz CT molecular complexity index is 460. The second-order valence-electron chi connectivity index (χ2n) is 4.70. The topological polar surface area (TPSA) is 96.0 Å². The maximum absolute atomic E-state index is 11.9. The minimum absolute atomic E-state index is 0.0354. The average molecular weight is 299 g/mol. The van der Waals surface area contributed by atoms with Crippen molar-refractivity contribution in [3.63, 3.8) is 0 Å². The first-order valence-electron chi connectivity index (χ1n) is 6.62. The normalized spacial score (nSPS) is 12.1. The first-order valence-corrected chi connectivity index (χ1v) is 7.44. The van der Waals surface area contributed by atoms with Crippen LogP contribution in [0.1, 0.15) is 43.9 Å². The van der Waals surface area contributed by atoms with Gasteiger partial charge in [-0.2, -0.15) is 0 Å². The van der Waals surface area contributed by atoms with Crippen LogP contribution in [0.3, 0.4) is 0 Å². The van der Waals surface area contributed by atoms with Crippen LogP contribution in [0.2, 0.25) is 0 Å². The molecule has 2 amide bonds. The van der Waals surface area contributed by atoms with Crippen molar-refractivity contribution < 1.29 is 9.59 Å². The van der Waals surface area contributed by atoms with E-state index in [9.17, 15) is 9.59 Å². The van der Waals surface area contributed by atoms with E-state index in [0.29, 0.717) is 5.13 Å². The van der Waals surface area contributed by atoms with Gasteiger partial charge in [0.2, 0.25) is 16.0 Å². The van der Waals surface area contributed by atoms with Gasteiger partial charge in [-0.1, -0.05) is 18.3 Å². The fourth-order valence-corrected chi connectivity index (χ4v) is 2.02.